The maximum Gasteiger partial charge on any atom is 0.158 e. The summed E-state index contributed by atoms with van der Waals surface area (Å²) >= 11 is 0. The van der Waals surface area contributed by atoms with Crippen LogP contribution in [0, 0.1) is 0 Å². The van der Waals surface area contributed by atoms with Gasteiger partial charge in [-0.25, -0.2) is 0 Å². The number of hydrogen-bond donors (Lipinski definition) is 2. The van der Waals surface area contributed by atoms with E-state index in [4.69, 9.17) is 0 Å². The molecule has 2 aromatic rings. The monoisotopic (exact) mass is 270 g/mol. The summed E-state index contributed by atoms with van der Waals surface area (Å²) < 4.78 is 0. The number of nitrogens with one attached hydrogen (secondary N) is 2. The minimum Gasteiger partial charge on any atom is -0.319 e. The summed E-state index contributed by atoms with van der Waals surface area (Å²) in [6.45, 7) is 8.58. The van der Waals surface area contributed by atoms with E-state index in [1.807, 2.05) is 6.07 Å². The smallest absolute Gasteiger partial charge is 0.158 e. The number of H-pyrrole nitrogens is 1. The molecular formula is C16H22N4. The van der Waals surface area contributed by atoms with Gasteiger partial charge in [-0.3, -0.25) is 5.10 Å². The van der Waals surface area contributed by atoms with E-state index in [1.165, 1.54) is 16.9 Å². The lowest BCUT2D eigenvalue weighted by Crippen LogP contribution is -2.38. The van der Waals surface area contributed by atoms with Crippen LogP contribution in [0.1, 0.15) is 32.0 Å². The molecule has 2 N–H and O–H groups in total. The van der Waals surface area contributed by atoms with Gasteiger partial charge >= 0.3 is 0 Å². The Labute approximate surface area is 120 Å². The average Bonchev–Trinajstić information content (AvgIpc) is 2.83. The van der Waals surface area contributed by atoms with Gasteiger partial charge in [-0.2, -0.15) is 5.10 Å². The topological polar surface area (TPSA) is 44.0 Å². The molecule has 0 amide bonds. The molecule has 2 heterocycles. The summed E-state index contributed by atoms with van der Waals surface area (Å²) in [6.07, 6.45) is 1.03. The summed E-state index contributed by atoms with van der Waals surface area (Å²) in [5.41, 5.74) is 3.74. The lowest BCUT2D eigenvalue weighted by atomic mass is 10.0. The lowest BCUT2D eigenvalue weighted by Gasteiger charge is -2.37. The number of para-hydroxylation sites is 1. The molecule has 1 aromatic carbocycles. The van der Waals surface area contributed by atoms with Crippen molar-refractivity contribution in [3.63, 3.8) is 0 Å². The number of fused-ring (bicyclic) bond motifs is 1. The van der Waals surface area contributed by atoms with Crippen LogP contribution in [0.25, 0.3) is 0 Å². The molecule has 0 bridgehead atoms. The van der Waals surface area contributed by atoms with Crippen LogP contribution in [-0.4, -0.2) is 22.3 Å². The van der Waals surface area contributed by atoms with Gasteiger partial charge in [-0.15, -0.1) is 0 Å². The van der Waals surface area contributed by atoms with Crippen LogP contribution in [0.5, 0.6) is 0 Å². The molecule has 0 atom stereocenters. The van der Waals surface area contributed by atoms with Crippen molar-refractivity contribution in [3.8, 4) is 0 Å². The molecule has 1 aromatic heterocycles. The Kier molecular flexibility index (Phi) is 3.26. The number of benzene rings is 1. The number of aromatic amines is 1. The first kappa shape index (κ1) is 13.2. The Hall–Kier alpha value is -1.81. The van der Waals surface area contributed by atoms with E-state index in [9.17, 15) is 0 Å². The summed E-state index contributed by atoms with van der Waals surface area (Å²) in [5.74, 6) is 1.07. The van der Waals surface area contributed by atoms with Gasteiger partial charge < -0.3 is 10.2 Å². The second-order valence-corrected chi connectivity index (χ2v) is 6.27. The SMILES string of the molecule is CC(C)(C)N(c1ccccc1)c1n[nH]c2c1CCNC2. The van der Waals surface area contributed by atoms with E-state index in [0.29, 0.717) is 0 Å². The van der Waals surface area contributed by atoms with Crippen LogP contribution in [0.3, 0.4) is 0 Å². The molecular weight excluding hydrogens is 248 g/mol. The highest BCUT2D eigenvalue weighted by Crippen LogP contribution is 2.35. The Balaban J connectivity index is 2.09. The molecule has 0 spiro atoms. The molecule has 0 saturated carbocycles. The first-order valence-electron chi connectivity index (χ1n) is 7.19. The van der Waals surface area contributed by atoms with Crippen molar-refractivity contribution in [2.24, 2.45) is 0 Å². The first-order valence-corrected chi connectivity index (χ1v) is 7.19. The summed E-state index contributed by atoms with van der Waals surface area (Å²) in [6, 6.07) is 10.5. The largest absolute Gasteiger partial charge is 0.319 e. The fourth-order valence-corrected chi connectivity index (χ4v) is 2.82. The van der Waals surface area contributed by atoms with Gasteiger partial charge in [-0.05, 0) is 45.9 Å². The molecule has 4 nitrogen and oxygen atoms in total. The third kappa shape index (κ3) is 2.31. The lowest BCUT2D eigenvalue weighted by molar-refractivity contribution is 0.552. The van der Waals surface area contributed by atoms with Gasteiger partial charge in [0.05, 0.1) is 5.69 Å². The average molecular weight is 270 g/mol. The minimum atomic E-state index is -0.0187. The van der Waals surface area contributed by atoms with Crippen LogP contribution in [0.15, 0.2) is 30.3 Å². The zero-order valence-corrected chi connectivity index (χ0v) is 12.4. The van der Waals surface area contributed by atoms with Crippen LogP contribution in [-0.2, 0) is 13.0 Å². The van der Waals surface area contributed by atoms with Crippen molar-refractivity contribution in [2.45, 2.75) is 39.3 Å². The van der Waals surface area contributed by atoms with Crippen molar-refractivity contribution in [1.82, 2.24) is 15.5 Å². The predicted octanol–water partition coefficient (Wildman–Crippen LogP) is 2.99. The Morgan fingerprint density at radius 3 is 2.60 bits per heavy atom. The number of hydrogen-bond acceptors (Lipinski definition) is 3. The summed E-state index contributed by atoms with van der Waals surface area (Å²) in [5, 5.41) is 11.2. The first-order chi connectivity index (χ1) is 9.57. The standard InChI is InChI=1S/C16H22N4/c1-16(2,3)20(12-7-5-4-6-8-12)15-13-9-10-17-11-14(13)18-19-15/h4-8,17H,9-11H2,1-3H3,(H,18,19). The Morgan fingerprint density at radius 1 is 1.15 bits per heavy atom. The summed E-state index contributed by atoms with van der Waals surface area (Å²) in [7, 11) is 0. The predicted molar refractivity (Wildman–Crippen MR) is 82.3 cm³/mol. The Morgan fingerprint density at radius 2 is 1.90 bits per heavy atom. The second kappa shape index (κ2) is 4.94. The molecule has 106 valence electrons. The van der Waals surface area contributed by atoms with E-state index >= 15 is 0 Å². The van der Waals surface area contributed by atoms with Crippen molar-refractivity contribution in [3.05, 3.63) is 41.6 Å². The molecule has 1 aliphatic rings. The van der Waals surface area contributed by atoms with Gasteiger partial charge in [0, 0.05) is 23.3 Å². The number of aromatic nitrogens is 2. The summed E-state index contributed by atoms with van der Waals surface area (Å²) in [4.78, 5) is 2.33. The third-order valence-electron chi connectivity index (χ3n) is 3.68. The minimum absolute atomic E-state index is 0.0187. The van der Waals surface area contributed by atoms with Crippen molar-refractivity contribution >= 4 is 11.5 Å². The van der Waals surface area contributed by atoms with Crippen molar-refractivity contribution in [1.29, 1.82) is 0 Å². The number of anilines is 2. The van der Waals surface area contributed by atoms with E-state index in [-0.39, 0.29) is 5.54 Å². The fraction of sp³-hybridized carbons (Fsp3) is 0.438. The molecule has 0 radical (unpaired) electrons. The van der Waals surface area contributed by atoms with E-state index in [0.717, 1.165) is 25.3 Å². The quantitative estimate of drug-likeness (QED) is 0.881. The molecule has 0 unspecified atom stereocenters. The van der Waals surface area contributed by atoms with Crippen LogP contribution < -0.4 is 10.2 Å². The molecule has 0 aliphatic carbocycles. The normalized spacial score (nSPS) is 14.9. The molecule has 1 aliphatic heterocycles. The van der Waals surface area contributed by atoms with Crippen molar-refractivity contribution < 1.29 is 0 Å². The highest BCUT2D eigenvalue weighted by atomic mass is 15.3. The highest BCUT2D eigenvalue weighted by molar-refractivity contribution is 5.66. The number of rotatable bonds is 2. The Bertz CT molecular complexity index is 580. The van der Waals surface area contributed by atoms with E-state index in [2.05, 4.69) is 65.5 Å². The number of nitrogens with zero attached hydrogens (tertiary/aromatic N) is 2. The molecule has 4 heteroatoms. The van der Waals surface area contributed by atoms with Gasteiger partial charge in [0.1, 0.15) is 0 Å². The molecule has 0 saturated heterocycles. The van der Waals surface area contributed by atoms with Gasteiger partial charge in [0.15, 0.2) is 5.82 Å². The van der Waals surface area contributed by atoms with E-state index in [1.54, 1.807) is 0 Å². The zero-order chi connectivity index (χ0) is 14.2. The molecule has 3 rings (SSSR count). The maximum atomic E-state index is 4.60. The van der Waals surface area contributed by atoms with Crippen LogP contribution >= 0.6 is 0 Å². The van der Waals surface area contributed by atoms with E-state index < -0.39 is 0 Å². The van der Waals surface area contributed by atoms with Crippen LogP contribution in [0.2, 0.25) is 0 Å². The van der Waals surface area contributed by atoms with Gasteiger partial charge in [0.25, 0.3) is 0 Å². The highest BCUT2D eigenvalue weighted by Gasteiger charge is 2.29. The maximum absolute atomic E-state index is 4.60. The third-order valence-corrected chi connectivity index (χ3v) is 3.68. The van der Waals surface area contributed by atoms with Crippen molar-refractivity contribution in [2.75, 3.05) is 11.4 Å². The zero-order valence-electron chi connectivity index (χ0n) is 12.4. The second-order valence-electron chi connectivity index (χ2n) is 6.27. The molecule has 20 heavy (non-hydrogen) atoms. The van der Waals surface area contributed by atoms with Gasteiger partial charge in [-0.1, -0.05) is 18.2 Å². The molecule has 0 fully saturated rings. The fourth-order valence-electron chi connectivity index (χ4n) is 2.82. The van der Waals surface area contributed by atoms with Crippen LogP contribution in [0.4, 0.5) is 11.5 Å². The van der Waals surface area contributed by atoms with Gasteiger partial charge in [0.2, 0.25) is 0 Å².